The molecule has 0 saturated carbocycles. The fourth-order valence-corrected chi connectivity index (χ4v) is 3.28. The van der Waals surface area contributed by atoms with Crippen LogP contribution in [0.3, 0.4) is 0 Å². The maximum absolute atomic E-state index is 13.1. The minimum atomic E-state index is -1.15. The van der Waals surface area contributed by atoms with E-state index < -0.39 is 23.5 Å². The number of carboxylic acid groups (broad SMARTS) is 1. The van der Waals surface area contributed by atoms with Gasteiger partial charge in [0, 0.05) is 11.1 Å². The van der Waals surface area contributed by atoms with E-state index in [2.05, 4.69) is 15.5 Å². The summed E-state index contributed by atoms with van der Waals surface area (Å²) in [7, 11) is 0. The third-order valence-corrected chi connectivity index (χ3v) is 4.63. The van der Waals surface area contributed by atoms with Crippen LogP contribution in [-0.4, -0.2) is 33.2 Å². The number of carbonyl (C=O) groups excluding carboxylic acids is 1. The largest absolute Gasteiger partial charge is 0.480 e. The molecule has 3 rings (SSSR count). The zero-order valence-corrected chi connectivity index (χ0v) is 16.8. The van der Waals surface area contributed by atoms with E-state index in [0.717, 1.165) is 5.56 Å². The van der Waals surface area contributed by atoms with Gasteiger partial charge >= 0.3 is 5.97 Å². The zero-order valence-electron chi connectivity index (χ0n) is 16.8. The minimum Gasteiger partial charge on any atom is -0.480 e. The van der Waals surface area contributed by atoms with Crippen molar-refractivity contribution in [3.63, 3.8) is 0 Å². The second-order valence-electron chi connectivity index (χ2n) is 7.38. The van der Waals surface area contributed by atoms with Gasteiger partial charge in [0.1, 0.15) is 11.6 Å². The summed E-state index contributed by atoms with van der Waals surface area (Å²) < 4.78 is 0. The number of hydrogen-bond donors (Lipinski definition) is 3. The van der Waals surface area contributed by atoms with E-state index in [1.165, 1.54) is 0 Å². The summed E-state index contributed by atoms with van der Waals surface area (Å²) in [4.78, 5) is 37.4. The van der Waals surface area contributed by atoms with E-state index >= 15 is 0 Å². The van der Waals surface area contributed by atoms with Crippen molar-refractivity contribution in [1.29, 1.82) is 0 Å². The van der Waals surface area contributed by atoms with Gasteiger partial charge in [0.25, 0.3) is 11.5 Å². The molecule has 0 saturated heterocycles. The minimum absolute atomic E-state index is 0.0515. The second kappa shape index (κ2) is 9.17. The number of rotatable bonds is 7. The van der Waals surface area contributed by atoms with E-state index in [9.17, 15) is 19.5 Å². The number of aromatic amines is 1. The number of benzene rings is 2. The van der Waals surface area contributed by atoms with Crippen LogP contribution in [0.4, 0.5) is 0 Å². The molecule has 1 heterocycles. The van der Waals surface area contributed by atoms with E-state index in [0.29, 0.717) is 16.8 Å². The smallest absolute Gasteiger partial charge is 0.326 e. The Morgan fingerprint density at radius 1 is 1.00 bits per heavy atom. The molecule has 2 aromatic carbocycles. The molecule has 7 heteroatoms. The Labute approximate surface area is 173 Å². The molecular formula is C23H23N3O4. The Kier molecular flexibility index (Phi) is 6.41. The van der Waals surface area contributed by atoms with Gasteiger partial charge in [0.15, 0.2) is 0 Å². The quantitative estimate of drug-likeness (QED) is 0.558. The van der Waals surface area contributed by atoms with Gasteiger partial charge in [-0.2, -0.15) is 5.10 Å². The van der Waals surface area contributed by atoms with Crippen molar-refractivity contribution in [2.45, 2.75) is 26.3 Å². The molecule has 1 unspecified atom stereocenters. The summed E-state index contributed by atoms with van der Waals surface area (Å²) in [6, 6.07) is 17.1. The molecule has 1 amide bonds. The summed E-state index contributed by atoms with van der Waals surface area (Å²) in [5.41, 5.74) is 1.30. The predicted molar refractivity (Wildman–Crippen MR) is 114 cm³/mol. The number of nitrogens with one attached hydrogen (secondary N) is 2. The van der Waals surface area contributed by atoms with Gasteiger partial charge in [-0.15, -0.1) is 0 Å². The highest BCUT2D eigenvalue weighted by molar-refractivity contribution is 6.04. The highest BCUT2D eigenvalue weighted by Gasteiger charge is 2.27. The third kappa shape index (κ3) is 4.63. The number of H-pyrrole nitrogens is 1. The molecule has 0 radical (unpaired) electrons. The van der Waals surface area contributed by atoms with E-state index in [-0.39, 0.29) is 17.9 Å². The molecule has 0 aliphatic rings. The first-order valence-corrected chi connectivity index (χ1v) is 9.65. The topological polar surface area (TPSA) is 112 Å². The Morgan fingerprint density at radius 3 is 2.10 bits per heavy atom. The molecular weight excluding hydrogens is 382 g/mol. The van der Waals surface area contributed by atoms with Crippen molar-refractivity contribution >= 4 is 11.9 Å². The molecule has 7 nitrogen and oxygen atoms in total. The van der Waals surface area contributed by atoms with Crippen LogP contribution in [0.1, 0.15) is 30.6 Å². The molecule has 30 heavy (non-hydrogen) atoms. The van der Waals surface area contributed by atoms with Crippen LogP contribution in [-0.2, 0) is 4.79 Å². The van der Waals surface area contributed by atoms with Crippen molar-refractivity contribution in [3.05, 3.63) is 76.6 Å². The molecule has 154 valence electrons. The number of aliphatic carboxylic acids is 1. The molecule has 0 aliphatic heterocycles. The first-order chi connectivity index (χ1) is 14.4. The lowest BCUT2D eigenvalue weighted by Crippen LogP contribution is -2.43. The van der Waals surface area contributed by atoms with Gasteiger partial charge < -0.3 is 10.4 Å². The van der Waals surface area contributed by atoms with Gasteiger partial charge in [-0.25, -0.2) is 9.89 Å². The fourth-order valence-electron chi connectivity index (χ4n) is 3.28. The Morgan fingerprint density at radius 2 is 1.57 bits per heavy atom. The first-order valence-electron chi connectivity index (χ1n) is 9.65. The first kappa shape index (κ1) is 21.0. The van der Waals surface area contributed by atoms with Crippen LogP contribution in [0.25, 0.3) is 22.4 Å². The molecule has 1 aromatic heterocycles. The molecule has 0 bridgehead atoms. The van der Waals surface area contributed by atoms with Crippen LogP contribution < -0.4 is 10.9 Å². The van der Waals surface area contributed by atoms with Crippen LogP contribution in [0.2, 0.25) is 0 Å². The number of nitrogens with zero attached hydrogens (tertiary/aromatic N) is 1. The molecule has 0 spiro atoms. The summed E-state index contributed by atoms with van der Waals surface area (Å²) in [6.07, 6.45) is 0.246. The summed E-state index contributed by atoms with van der Waals surface area (Å²) >= 11 is 0. The maximum Gasteiger partial charge on any atom is 0.326 e. The SMILES string of the molecule is CC(C)CC(NC(=O)c1c(-c2ccccc2)c(-c2ccccc2)n[nH]c1=O)C(=O)O. The molecule has 0 fully saturated rings. The number of amides is 1. The summed E-state index contributed by atoms with van der Waals surface area (Å²) in [5.74, 6) is -1.84. The van der Waals surface area contributed by atoms with Crippen LogP contribution in [0, 0.1) is 5.92 Å². The van der Waals surface area contributed by atoms with Gasteiger partial charge in [-0.1, -0.05) is 74.5 Å². The molecule has 1 atom stereocenters. The molecule has 3 aromatic rings. The summed E-state index contributed by atoms with van der Waals surface area (Å²) in [5, 5.41) is 18.6. The Balaban J connectivity index is 2.17. The van der Waals surface area contributed by atoms with E-state index in [4.69, 9.17) is 0 Å². The Hall–Kier alpha value is -3.74. The highest BCUT2D eigenvalue weighted by atomic mass is 16.4. The van der Waals surface area contributed by atoms with Crippen molar-refractivity contribution in [3.8, 4) is 22.4 Å². The van der Waals surface area contributed by atoms with Gasteiger partial charge in [-0.3, -0.25) is 9.59 Å². The monoisotopic (exact) mass is 405 g/mol. The van der Waals surface area contributed by atoms with Crippen molar-refractivity contribution in [1.82, 2.24) is 15.5 Å². The molecule has 0 aliphatic carbocycles. The third-order valence-electron chi connectivity index (χ3n) is 4.63. The van der Waals surface area contributed by atoms with Gasteiger partial charge in [0.2, 0.25) is 0 Å². The fraction of sp³-hybridized carbons (Fsp3) is 0.217. The normalized spacial score (nSPS) is 11.8. The van der Waals surface area contributed by atoms with Gasteiger partial charge in [0.05, 0.1) is 5.69 Å². The number of carbonyl (C=O) groups is 2. The van der Waals surface area contributed by atoms with Crippen LogP contribution in [0.5, 0.6) is 0 Å². The lowest BCUT2D eigenvalue weighted by Gasteiger charge is -2.18. The average molecular weight is 405 g/mol. The van der Waals surface area contributed by atoms with Crippen molar-refractivity contribution in [2.24, 2.45) is 5.92 Å². The second-order valence-corrected chi connectivity index (χ2v) is 7.38. The van der Waals surface area contributed by atoms with Crippen molar-refractivity contribution < 1.29 is 14.7 Å². The number of carboxylic acids is 1. The lowest BCUT2D eigenvalue weighted by molar-refractivity contribution is -0.139. The zero-order chi connectivity index (χ0) is 21.7. The predicted octanol–water partition coefficient (Wildman–Crippen LogP) is 3.33. The highest BCUT2D eigenvalue weighted by Crippen LogP contribution is 2.31. The van der Waals surface area contributed by atoms with Crippen LogP contribution >= 0.6 is 0 Å². The summed E-state index contributed by atoms with van der Waals surface area (Å²) in [6.45, 7) is 3.73. The van der Waals surface area contributed by atoms with Crippen molar-refractivity contribution in [2.75, 3.05) is 0 Å². The maximum atomic E-state index is 13.1. The number of aromatic nitrogens is 2. The van der Waals surface area contributed by atoms with E-state index in [1.807, 2.05) is 50.2 Å². The molecule has 3 N–H and O–H groups in total. The van der Waals surface area contributed by atoms with E-state index in [1.54, 1.807) is 24.3 Å². The lowest BCUT2D eigenvalue weighted by atomic mass is 9.95. The Bertz CT molecular complexity index is 1090. The van der Waals surface area contributed by atoms with Crippen LogP contribution in [0.15, 0.2) is 65.5 Å². The number of hydrogen-bond acceptors (Lipinski definition) is 4. The standard InChI is InChI=1S/C23H23N3O4/c1-14(2)13-17(23(29)30)24-21(27)19-18(15-9-5-3-6-10-15)20(25-26-22(19)28)16-11-7-4-8-12-16/h3-12,14,17H,13H2,1-2H3,(H,24,27)(H,26,28)(H,29,30). The van der Waals surface area contributed by atoms with Gasteiger partial charge in [-0.05, 0) is 17.9 Å². The average Bonchev–Trinajstić information content (AvgIpc) is 2.73.